The average Bonchev–Trinajstić information content (AvgIpc) is 3.55. The summed E-state index contributed by atoms with van der Waals surface area (Å²) in [5, 5.41) is 7.05. The molecule has 1 aromatic heterocycles. The molecular weight excluding hydrogens is 490 g/mol. The zero-order valence-electron chi connectivity index (χ0n) is 21.5. The Kier molecular flexibility index (Phi) is 6.85. The Labute approximate surface area is 219 Å². The van der Waals surface area contributed by atoms with Crippen molar-refractivity contribution in [1.82, 2.24) is 24.0 Å². The fourth-order valence-corrected chi connectivity index (χ4v) is 8.57. The number of amides is 1. The molecule has 0 spiro atoms. The van der Waals surface area contributed by atoms with Crippen LogP contribution < -0.4 is 5.32 Å². The van der Waals surface area contributed by atoms with Gasteiger partial charge in [0.15, 0.2) is 5.69 Å². The van der Waals surface area contributed by atoms with Crippen LogP contribution in [-0.4, -0.2) is 77.3 Å². The minimum atomic E-state index is -3.52. The standard InChI is InChI=1S/C27H37N5O4S/c1-30(18-19-5-3-2-4-6-19)22-11-13-31(14-12-22)37(34,35)32-23-9-10-24(32)16-21(15-23)28-27(33)25-17-26(36-29-25)20-7-8-20/h2-6,17,20-24H,7-16,18H2,1H3,(H,28,33)/t21?,23-,24+. The van der Waals surface area contributed by atoms with Crippen LogP contribution in [0.3, 0.4) is 0 Å². The van der Waals surface area contributed by atoms with Gasteiger partial charge in [-0.1, -0.05) is 35.5 Å². The molecule has 1 aliphatic carbocycles. The van der Waals surface area contributed by atoms with Crippen molar-refractivity contribution in [2.24, 2.45) is 0 Å². The summed E-state index contributed by atoms with van der Waals surface area (Å²) < 4.78 is 36.2. The first-order valence-corrected chi connectivity index (χ1v) is 15.1. The topological polar surface area (TPSA) is 99.0 Å². The first kappa shape index (κ1) is 25.0. The van der Waals surface area contributed by atoms with Gasteiger partial charge in [0.25, 0.3) is 16.1 Å². The molecule has 1 unspecified atom stereocenters. The quantitative estimate of drug-likeness (QED) is 0.566. The third kappa shape index (κ3) is 5.21. The monoisotopic (exact) mass is 527 g/mol. The van der Waals surface area contributed by atoms with Crippen molar-refractivity contribution in [3.8, 4) is 0 Å². The van der Waals surface area contributed by atoms with Gasteiger partial charge in [-0.2, -0.15) is 17.0 Å². The van der Waals surface area contributed by atoms with Crippen molar-refractivity contribution in [2.45, 2.75) is 88.0 Å². The second-order valence-corrected chi connectivity index (χ2v) is 13.1. The van der Waals surface area contributed by atoms with Crippen molar-refractivity contribution in [3.63, 3.8) is 0 Å². The average molecular weight is 528 g/mol. The van der Waals surface area contributed by atoms with Gasteiger partial charge in [0.05, 0.1) is 0 Å². The molecule has 1 amide bonds. The molecule has 4 heterocycles. The van der Waals surface area contributed by atoms with Crippen molar-refractivity contribution in [3.05, 3.63) is 53.4 Å². The minimum absolute atomic E-state index is 0.0464. The third-order valence-electron chi connectivity index (χ3n) is 8.66. The van der Waals surface area contributed by atoms with E-state index in [0.29, 0.717) is 43.6 Å². The smallest absolute Gasteiger partial charge is 0.282 e. The Bertz CT molecular complexity index is 1190. The first-order chi connectivity index (χ1) is 17.9. The van der Waals surface area contributed by atoms with E-state index < -0.39 is 10.2 Å². The maximum atomic E-state index is 13.7. The van der Waals surface area contributed by atoms with E-state index in [1.165, 1.54) is 5.56 Å². The summed E-state index contributed by atoms with van der Waals surface area (Å²) in [5.74, 6) is 0.979. The molecule has 1 N–H and O–H groups in total. The summed E-state index contributed by atoms with van der Waals surface area (Å²) in [6.07, 6.45) is 6.85. The summed E-state index contributed by atoms with van der Waals surface area (Å²) in [6, 6.07) is 12.4. The highest BCUT2D eigenvalue weighted by Crippen LogP contribution is 2.41. The van der Waals surface area contributed by atoms with Crippen LogP contribution in [0.2, 0.25) is 0 Å². The van der Waals surface area contributed by atoms with Crippen molar-refractivity contribution in [1.29, 1.82) is 0 Å². The lowest BCUT2D eigenvalue weighted by Crippen LogP contribution is -2.57. The lowest BCUT2D eigenvalue weighted by atomic mass is 9.99. The van der Waals surface area contributed by atoms with Gasteiger partial charge in [0.2, 0.25) is 0 Å². The van der Waals surface area contributed by atoms with Gasteiger partial charge in [-0.3, -0.25) is 9.69 Å². The van der Waals surface area contributed by atoms with Gasteiger partial charge in [-0.25, -0.2) is 0 Å². The Morgan fingerprint density at radius 3 is 2.38 bits per heavy atom. The van der Waals surface area contributed by atoms with Crippen molar-refractivity contribution >= 4 is 16.1 Å². The van der Waals surface area contributed by atoms with Gasteiger partial charge in [0.1, 0.15) is 5.76 Å². The highest BCUT2D eigenvalue weighted by atomic mass is 32.2. The zero-order chi connectivity index (χ0) is 25.6. The highest BCUT2D eigenvalue weighted by molar-refractivity contribution is 7.86. The summed E-state index contributed by atoms with van der Waals surface area (Å²) in [5.41, 5.74) is 1.60. The molecule has 1 aromatic carbocycles. The fraction of sp³-hybridized carbons (Fsp3) is 0.630. The van der Waals surface area contributed by atoms with Gasteiger partial charge >= 0.3 is 0 Å². The molecule has 2 bridgehead atoms. The van der Waals surface area contributed by atoms with Gasteiger partial charge in [0, 0.05) is 55.8 Å². The Balaban J connectivity index is 1.03. The molecule has 9 nitrogen and oxygen atoms in total. The van der Waals surface area contributed by atoms with Crippen LogP contribution in [0.25, 0.3) is 0 Å². The zero-order valence-corrected chi connectivity index (χ0v) is 22.3. The predicted molar refractivity (Wildman–Crippen MR) is 139 cm³/mol. The molecule has 0 radical (unpaired) electrons. The molecule has 37 heavy (non-hydrogen) atoms. The van der Waals surface area contributed by atoms with Crippen LogP contribution in [0.15, 0.2) is 40.9 Å². The van der Waals surface area contributed by atoms with E-state index in [1.54, 1.807) is 14.7 Å². The molecule has 4 aliphatic rings. The Morgan fingerprint density at radius 1 is 1.05 bits per heavy atom. The molecule has 4 fully saturated rings. The summed E-state index contributed by atoms with van der Waals surface area (Å²) in [4.78, 5) is 15.1. The van der Waals surface area contributed by atoms with Gasteiger partial charge < -0.3 is 9.84 Å². The van der Waals surface area contributed by atoms with E-state index in [4.69, 9.17) is 4.52 Å². The molecule has 1 saturated carbocycles. The van der Waals surface area contributed by atoms with E-state index in [-0.39, 0.29) is 24.0 Å². The minimum Gasteiger partial charge on any atom is -0.360 e. The van der Waals surface area contributed by atoms with Crippen LogP contribution >= 0.6 is 0 Å². The van der Waals surface area contributed by atoms with Crippen LogP contribution in [-0.2, 0) is 16.8 Å². The molecule has 3 saturated heterocycles. The fourth-order valence-electron chi connectivity index (χ4n) is 6.49. The van der Waals surface area contributed by atoms with Crippen LogP contribution in [0.5, 0.6) is 0 Å². The highest BCUT2D eigenvalue weighted by Gasteiger charge is 2.49. The number of hydrogen-bond donors (Lipinski definition) is 1. The second-order valence-electron chi connectivity index (χ2n) is 11.3. The van der Waals surface area contributed by atoms with Crippen LogP contribution in [0, 0.1) is 0 Å². The molecule has 200 valence electrons. The predicted octanol–water partition coefficient (Wildman–Crippen LogP) is 3.12. The number of carbonyl (C=O) groups excluding carboxylic acids is 1. The molecule has 3 atom stereocenters. The van der Waals surface area contributed by atoms with Crippen molar-refractivity contribution < 1.29 is 17.7 Å². The molecular formula is C27H37N5O4S. The maximum absolute atomic E-state index is 13.7. The van der Waals surface area contributed by atoms with Crippen LogP contribution in [0.1, 0.15) is 79.1 Å². The third-order valence-corrected chi connectivity index (χ3v) is 10.8. The number of benzene rings is 1. The van der Waals surface area contributed by atoms with E-state index in [2.05, 4.69) is 46.7 Å². The van der Waals surface area contributed by atoms with E-state index in [9.17, 15) is 13.2 Å². The van der Waals surface area contributed by atoms with E-state index >= 15 is 0 Å². The van der Waals surface area contributed by atoms with E-state index in [0.717, 1.165) is 50.8 Å². The molecule has 3 aliphatic heterocycles. The molecule has 6 rings (SSSR count). The first-order valence-electron chi connectivity index (χ1n) is 13.7. The number of aromatic nitrogens is 1. The maximum Gasteiger partial charge on any atom is 0.282 e. The lowest BCUT2D eigenvalue weighted by molar-refractivity contribution is 0.0896. The number of piperidine rings is 2. The Hall–Kier alpha value is -2.27. The van der Waals surface area contributed by atoms with Gasteiger partial charge in [-0.15, -0.1) is 0 Å². The van der Waals surface area contributed by atoms with Gasteiger partial charge in [-0.05, 0) is 64.0 Å². The number of carbonyl (C=O) groups is 1. The lowest BCUT2D eigenvalue weighted by Gasteiger charge is -2.43. The number of rotatable bonds is 8. The van der Waals surface area contributed by atoms with Crippen LogP contribution in [0.4, 0.5) is 0 Å². The second kappa shape index (κ2) is 10.1. The van der Waals surface area contributed by atoms with Crippen molar-refractivity contribution in [2.75, 3.05) is 20.1 Å². The number of hydrogen-bond acceptors (Lipinski definition) is 6. The normalized spacial score (nSPS) is 27.6. The largest absolute Gasteiger partial charge is 0.360 e. The number of fused-ring (bicyclic) bond motifs is 2. The number of nitrogens with zero attached hydrogens (tertiary/aromatic N) is 4. The summed E-state index contributed by atoms with van der Waals surface area (Å²) in [6.45, 7) is 1.98. The molecule has 10 heteroatoms. The SMILES string of the molecule is CN(Cc1ccccc1)C1CCN(S(=O)(=O)N2[C@@H]3CC[C@H]2CC(NC(=O)c2cc(C4CC4)on2)C3)CC1. The van der Waals surface area contributed by atoms with E-state index in [1.807, 2.05) is 6.07 Å². The molecule has 2 aromatic rings. The summed E-state index contributed by atoms with van der Waals surface area (Å²) in [7, 11) is -1.39. The summed E-state index contributed by atoms with van der Waals surface area (Å²) >= 11 is 0. The number of nitrogens with one attached hydrogen (secondary N) is 1. The Morgan fingerprint density at radius 2 is 1.73 bits per heavy atom.